The van der Waals surface area contributed by atoms with Gasteiger partial charge in [-0.25, -0.2) is 14.8 Å². The summed E-state index contributed by atoms with van der Waals surface area (Å²) < 4.78 is 9.53. The maximum Gasteiger partial charge on any atom is 0.337 e. The van der Waals surface area contributed by atoms with Crippen molar-refractivity contribution in [3.05, 3.63) is 42.0 Å². The number of esters is 1. The van der Waals surface area contributed by atoms with E-state index in [0.717, 1.165) is 84.7 Å². The number of unbranched alkanes of at least 4 members (excludes halogenated alkanes) is 2. The highest BCUT2D eigenvalue weighted by molar-refractivity contribution is 5.97. The molecule has 186 valence electrons. The lowest BCUT2D eigenvalue weighted by atomic mass is 10.1. The molecule has 0 radical (unpaired) electrons. The molecule has 2 aromatic heterocycles. The van der Waals surface area contributed by atoms with Gasteiger partial charge in [0.2, 0.25) is 5.95 Å². The average Bonchev–Trinajstić information content (AvgIpc) is 3.39. The highest BCUT2D eigenvalue weighted by atomic mass is 16.5. The lowest BCUT2D eigenvalue weighted by Gasteiger charge is -2.15. The smallest absolute Gasteiger partial charge is 0.337 e. The number of nitrogens with zero attached hydrogens (tertiary/aromatic N) is 4. The van der Waals surface area contributed by atoms with E-state index in [1.165, 1.54) is 7.11 Å². The lowest BCUT2D eigenvalue weighted by Crippen LogP contribution is -2.12. The molecule has 0 saturated carbocycles. The van der Waals surface area contributed by atoms with Crippen molar-refractivity contribution in [3.63, 3.8) is 0 Å². The van der Waals surface area contributed by atoms with Gasteiger partial charge in [-0.05, 0) is 49.1 Å². The van der Waals surface area contributed by atoms with Crippen molar-refractivity contribution in [2.45, 2.75) is 66.5 Å². The number of rotatable bonds is 11. The first-order chi connectivity index (χ1) is 17.0. The molecule has 0 aliphatic carbocycles. The molecule has 0 fully saturated rings. The van der Waals surface area contributed by atoms with E-state index in [9.17, 15) is 4.79 Å². The molecule has 0 spiro atoms. The Morgan fingerprint density at radius 2 is 1.83 bits per heavy atom. The number of methoxy groups -OCH3 is 1. The Morgan fingerprint density at radius 1 is 1.03 bits per heavy atom. The van der Waals surface area contributed by atoms with Crippen molar-refractivity contribution >= 4 is 34.0 Å². The standard InChI is InChI=1S/C28H37N5O2/c1-6-8-15-29-28-31-22-12-10-11-21(25(22)33(28)18-19(3)4)26-30-23-17-20(27(34)35-5)13-14-24(23)32(26)16-9-7-2/h10-14,17,19H,6-9,15-16,18H2,1-5H3,(H,29,31). The largest absolute Gasteiger partial charge is 0.465 e. The van der Waals surface area contributed by atoms with Crippen LogP contribution in [0.2, 0.25) is 0 Å². The van der Waals surface area contributed by atoms with Crippen molar-refractivity contribution in [3.8, 4) is 11.4 Å². The van der Waals surface area contributed by atoms with Gasteiger partial charge in [-0.2, -0.15) is 0 Å². The summed E-state index contributed by atoms with van der Waals surface area (Å²) in [4.78, 5) is 22.2. The van der Waals surface area contributed by atoms with Gasteiger partial charge in [0.05, 0.1) is 34.7 Å². The van der Waals surface area contributed by atoms with E-state index in [1.807, 2.05) is 18.2 Å². The summed E-state index contributed by atoms with van der Waals surface area (Å²) in [6.45, 7) is 11.5. The molecule has 35 heavy (non-hydrogen) atoms. The third-order valence-corrected chi connectivity index (χ3v) is 6.27. The number of carbonyl (C=O) groups is 1. The molecular formula is C28H37N5O2. The summed E-state index contributed by atoms with van der Waals surface area (Å²) in [7, 11) is 1.40. The number of carbonyl (C=O) groups excluding carboxylic acids is 1. The molecule has 0 aliphatic rings. The van der Waals surface area contributed by atoms with E-state index in [-0.39, 0.29) is 5.97 Å². The summed E-state index contributed by atoms with van der Waals surface area (Å²) in [5, 5.41) is 3.56. The van der Waals surface area contributed by atoms with Crippen LogP contribution in [-0.4, -0.2) is 38.7 Å². The average molecular weight is 476 g/mol. The van der Waals surface area contributed by atoms with Crippen molar-refractivity contribution in [2.24, 2.45) is 5.92 Å². The Hall–Kier alpha value is -3.35. The third-order valence-electron chi connectivity index (χ3n) is 6.27. The van der Waals surface area contributed by atoms with Gasteiger partial charge in [0, 0.05) is 25.2 Å². The molecule has 0 saturated heterocycles. The molecule has 0 bridgehead atoms. The molecule has 2 aromatic carbocycles. The maximum atomic E-state index is 12.1. The number of imidazole rings is 2. The van der Waals surface area contributed by atoms with Crippen LogP contribution in [0, 0.1) is 5.92 Å². The van der Waals surface area contributed by atoms with Gasteiger partial charge in [-0.3, -0.25) is 0 Å². The van der Waals surface area contributed by atoms with Crippen LogP contribution >= 0.6 is 0 Å². The predicted octanol–water partition coefficient (Wildman–Crippen LogP) is 6.51. The first kappa shape index (κ1) is 24.8. The Balaban J connectivity index is 1.93. The molecule has 7 heteroatoms. The number of aryl methyl sites for hydroxylation is 1. The zero-order chi connectivity index (χ0) is 24.9. The summed E-state index contributed by atoms with van der Waals surface area (Å²) >= 11 is 0. The van der Waals surface area contributed by atoms with Crippen molar-refractivity contribution in [1.82, 2.24) is 19.1 Å². The lowest BCUT2D eigenvalue weighted by molar-refractivity contribution is 0.0601. The van der Waals surface area contributed by atoms with Crippen molar-refractivity contribution in [1.29, 1.82) is 0 Å². The third kappa shape index (κ3) is 5.04. The van der Waals surface area contributed by atoms with Crippen LogP contribution in [0.25, 0.3) is 33.5 Å². The molecule has 7 nitrogen and oxygen atoms in total. The fourth-order valence-electron chi connectivity index (χ4n) is 4.54. The quantitative estimate of drug-likeness (QED) is 0.198. The molecule has 0 unspecified atom stereocenters. The number of aromatic nitrogens is 4. The number of para-hydroxylation sites is 1. The second kappa shape index (κ2) is 10.9. The number of hydrogen-bond acceptors (Lipinski definition) is 5. The first-order valence-corrected chi connectivity index (χ1v) is 12.8. The Kier molecular flexibility index (Phi) is 7.73. The number of ether oxygens (including phenoxy) is 1. The van der Waals surface area contributed by atoms with Crippen LogP contribution in [0.15, 0.2) is 36.4 Å². The fourth-order valence-corrected chi connectivity index (χ4v) is 4.54. The van der Waals surface area contributed by atoms with Crippen molar-refractivity contribution < 1.29 is 9.53 Å². The zero-order valence-electron chi connectivity index (χ0n) is 21.6. The number of hydrogen-bond donors (Lipinski definition) is 1. The second-order valence-electron chi connectivity index (χ2n) is 9.53. The maximum absolute atomic E-state index is 12.1. The van der Waals surface area contributed by atoms with E-state index in [0.29, 0.717) is 11.5 Å². The van der Waals surface area contributed by atoms with Crippen LogP contribution in [-0.2, 0) is 17.8 Å². The summed E-state index contributed by atoms with van der Waals surface area (Å²) in [5.41, 5.74) is 5.46. The molecule has 4 rings (SSSR count). The van der Waals surface area contributed by atoms with Gasteiger partial charge >= 0.3 is 5.97 Å². The molecule has 2 heterocycles. The van der Waals surface area contributed by atoms with E-state index in [1.54, 1.807) is 0 Å². The predicted molar refractivity (Wildman–Crippen MR) is 143 cm³/mol. The number of nitrogens with one attached hydrogen (secondary N) is 1. The summed E-state index contributed by atoms with van der Waals surface area (Å²) in [6, 6.07) is 11.9. The fraction of sp³-hybridized carbons (Fsp3) is 0.464. The second-order valence-corrected chi connectivity index (χ2v) is 9.53. The Morgan fingerprint density at radius 3 is 2.54 bits per heavy atom. The number of fused-ring (bicyclic) bond motifs is 2. The highest BCUT2D eigenvalue weighted by Gasteiger charge is 2.21. The highest BCUT2D eigenvalue weighted by Crippen LogP contribution is 2.34. The van der Waals surface area contributed by atoms with Gasteiger partial charge in [-0.1, -0.05) is 46.6 Å². The minimum Gasteiger partial charge on any atom is -0.465 e. The number of benzene rings is 2. The topological polar surface area (TPSA) is 74.0 Å². The normalized spacial score (nSPS) is 11.6. The number of anilines is 1. The summed E-state index contributed by atoms with van der Waals surface area (Å²) in [5.74, 6) is 1.94. The van der Waals surface area contributed by atoms with Crippen LogP contribution in [0.5, 0.6) is 0 Å². The van der Waals surface area contributed by atoms with Gasteiger partial charge in [0.25, 0.3) is 0 Å². The minimum absolute atomic E-state index is 0.350. The van der Waals surface area contributed by atoms with Crippen LogP contribution in [0.3, 0.4) is 0 Å². The first-order valence-electron chi connectivity index (χ1n) is 12.8. The molecule has 1 N–H and O–H groups in total. The van der Waals surface area contributed by atoms with Gasteiger partial charge < -0.3 is 19.2 Å². The molecular weight excluding hydrogens is 438 g/mol. The van der Waals surface area contributed by atoms with Gasteiger partial charge in [0.15, 0.2) is 0 Å². The SMILES string of the molecule is CCCCNc1nc2cccc(-c3nc4cc(C(=O)OC)ccc4n3CCCC)c2n1CC(C)C. The van der Waals surface area contributed by atoms with E-state index in [4.69, 9.17) is 14.7 Å². The van der Waals surface area contributed by atoms with E-state index in [2.05, 4.69) is 60.3 Å². The molecule has 0 atom stereocenters. The van der Waals surface area contributed by atoms with Gasteiger partial charge in [-0.15, -0.1) is 0 Å². The van der Waals surface area contributed by atoms with Gasteiger partial charge in [0.1, 0.15) is 5.82 Å². The van der Waals surface area contributed by atoms with Crippen LogP contribution < -0.4 is 5.32 Å². The van der Waals surface area contributed by atoms with Crippen LogP contribution in [0.1, 0.15) is 63.7 Å². The Bertz CT molecular complexity index is 1320. The van der Waals surface area contributed by atoms with Crippen molar-refractivity contribution in [2.75, 3.05) is 19.0 Å². The molecule has 0 amide bonds. The van der Waals surface area contributed by atoms with E-state index >= 15 is 0 Å². The molecule has 0 aliphatic heterocycles. The minimum atomic E-state index is -0.350. The summed E-state index contributed by atoms with van der Waals surface area (Å²) in [6.07, 6.45) is 4.37. The van der Waals surface area contributed by atoms with Crippen LogP contribution in [0.4, 0.5) is 5.95 Å². The monoisotopic (exact) mass is 475 g/mol. The van der Waals surface area contributed by atoms with E-state index < -0.39 is 0 Å². The Labute approximate surface area is 207 Å². The molecule has 4 aromatic rings. The zero-order valence-corrected chi connectivity index (χ0v) is 21.6.